The van der Waals surface area contributed by atoms with E-state index in [1.165, 1.54) is 32.0 Å². The van der Waals surface area contributed by atoms with Crippen LogP contribution in [0.15, 0.2) is 54.6 Å². The van der Waals surface area contributed by atoms with Crippen molar-refractivity contribution in [3.63, 3.8) is 0 Å². The van der Waals surface area contributed by atoms with Crippen LogP contribution in [0.5, 0.6) is 11.8 Å². The van der Waals surface area contributed by atoms with E-state index in [0.717, 1.165) is 17.7 Å². The van der Waals surface area contributed by atoms with Crippen LogP contribution in [0.1, 0.15) is 27.0 Å². The van der Waals surface area contributed by atoms with Crippen LogP contribution in [-0.2, 0) is 0 Å². The van der Waals surface area contributed by atoms with Gasteiger partial charge in [-0.1, -0.05) is 36.4 Å². The molecule has 0 fully saturated rings. The Kier molecular flexibility index (Phi) is 7.77. The number of carbonyl (C=O) groups is 1. The van der Waals surface area contributed by atoms with Crippen molar-refractivity contribution in [3.8, 4) is 11.8 Å². The van der Waals surface area contributed by atoms with E-state index in [0.29, 0.717) is 23.3 Å². The zero-order valence-corrected chi connectivity index (χ0v) is 17.8. The van der Waals surface area contributed by atoms with Gasteiger partial charge >= 0.3 is 0 Å². The normalized spacial score (nSPS) is 11.6. The van der Waals surface area contributed by atoms with Crippen molar-refractivity contribution in [1.29, 1.82) is 0 Å². The average molecular weight is 445 g/mol. The summed E-state index contributed by atoms with van der Waals surface area (Å²) >= 11 is 1.47. The van der Waals surface area contributed by atoms with Crippen LogP contribution in [0.2, 0.25) is 0 Å². The smallest absolute Gasteiger partial charge is 0.257 e. The number of methoxy groups -OCH3 is 2. The maximum atomic E-state index is 13.8. The fraction of sp³-hybridized carbons (Fsp3) is 0.227. The van der Waals surface area contributed by atoms with Crippen LogP contribution in [0.25, 0.3) is 0 Å². The van der Waals surface area contributed by atoms with E-state index in [1.54, 1.807) is 6.07 Å². The molecule has 3 rings (SSSR count). The molecular weight excluding hydrogens is 424 g/mol. The van der Waals surface area contributed by atoms with Gasteiger partial charge in [-0.15, -0.1) is 11.8 Å². The summed E-state index contributed by atoms with van der Waals surface area (Å²) in [5.74, 6) is -0.929. The van der Waals surface area contributed by atoms with Gasteiger partial charge in [0.25, 0.3) is 5.91 Å². The summed E-state index contributed by atoms with van der Waals surface area (Å²) in [5, 5.41) is 2.28. The van der Waals surface area contributed by atoms with Crippen LogP contribution < -0.4 is 14.8 Å². The first-order valence-electron chi connectivity index (χ1n) is 9.39. The van der Waals surface area contributed by atoms with E-state index in [-0.39, 0.29) is 11.8 Å². The zero-order chi connectivity index (χ0) is 22.2. The third-order valence-corrected chi connectivity index (χ3v) is 5.57. The fourth-order valence-corrected chi connectivity index (χ4v) is 3.90. The second-order valence-electron chi connectivity index (χ2n) is 6.32. The summed E-state index contributed by atoms with van der Waals surface area (Å²) in [6.07, 6.45) is 0. The van der Waals surface area contributed by atoms with Crippen LogP contribution in [-0.4, -0.2) is 42.4 Å². The van der Waals surface area contributed by atoms with Gasteiger partial charge < -0.3 is 14.8 Å². The molecule has 1 amide bonds. The predicted octanol–water partition coefficient (Wildman–Crippen LogP) is 4.02. The van der Waals surface area contributed by atoms with Crippen molar-refractivity contribution < 1.29 is 23.0 Å². The number of nitrogens with one attached hydrogen (secondary N) is 1. The van der Waals surface area contributed by atoms with Gasteiger partial charge in [0.15, 0.2) is 5.82 Å². The number of thioether (sulfide) groups is 1. The van der Waals surface area contributed by atoms with E-state index in [9.17, 15) is 13.6 Å². The molecule has 0 unspecified atom stereocenters. The zero-order valence-electron chi connectivity index (χ0n) is 17.0. The third kappa shape index (κ3) is 5.69. The van der Waals surface area contributed by atoms with Crippen LogP contribution in [0.3, 0.4) is 0 Å². The number of hydrogen-bond donors (Lipinski definition) is 1. The molecule has 0 saturated carbocycles. The molecule has 2 aromatic carbocycles. The number of amides is 1. The first kappa shape index (κ1) is 22.5. The first-order valence-corrected chi connectivity index (χ1v) is 10.4. The molecule has 0 aliphatic heterocycles. The lowest BCUT2D eigenvalue weighted by Crippen LogP contribution is -2.27. The fourth-order valence-electron chi connectivity index (χ4n) is 2.84. The maximum Gasteiger partial charge on any atom is 0.257 e. The second kappa shape index (κ2) is 10.7. The lowest BCUT2D eigenvalue weighted by atomic mass is 10.1. The topological polar surface area (TPSA) is 73.3 Å². The number of hydrogen-bond acceptors (Lipinski definition) is 6. The van der Waals surface area contributed by atoms with Crippen LogP contribution in [0.4, 0.5) is 8.78 Å². The van der Waals surface area contributed by atoms with Gasteiger partial charge in [-0.3, -0.25) is 4.79 Å². The van der Waals surface area contributed by atoms with E-state index in [2.05, 4.69) is 15.3 Å². The van der Waals surface area contributed by atoms with Gasteiger partial charge in [-0.25, -0.2) is 8.78 Å². The minimum atomic E-state index is -0.899. The molecule has 31 heavy (non-hydrogen) atoms. The number of benzene rings is 2. The molecule has 9 heteroatoms. The maximum absolute atomic E-state index is 13.8. The van der Waals surface area contributed by atoms with Gasteiger partial charge in [-0.05, 0) is 17.7 Å². The molecular formula is C22H21F2N3O3S. The summed E-state index contributed by atoms with van der Waals surface area (Å²) in [4.78, 5) is 21.1. The Hall–Kier alpha value is -3.20. The van der Waals surface area contributed by atoms with Gasteiger partial charge in [-0.2, -0.15) is 9.97 Å². The Morgan fingerprint density at radius 2 is 1.61 bits per heavy atom. The van der Waals surface area contributed by atoms with Gasteiger partial charge in [0.1, 0.15) is 17.2 Å². The summed E-state index contributed by atoms with van der Waals surface area (Å²) in [5.41, 5.74) is 0.363. The molecule has 0 radical (unpaired) electrons. The Labute approximate surface area is 183 Å². The van der Waals surface area contributed by atoms with E-state index >= 15 is 0 Å². The summed E-state index contributed by atoms with van der Waals surface area (Å²) in [6, 6.07) is 14.5. The highest BCUT2D eigenvalue weighted by Crippen LogP contribution is 2.35. The van der Waals surface area contributed by atoms with Crippen molar-refractivity contribution >= 4 is 17.7 Å². The molecule has 0 aliphatic carbocycles. The van der Waals surface area contributed by atoms with Crippen molar-refractivity contribution in [2.24, 2.45) is 0 Å². The number of aromatic nitrogens is 2. The van der Waals surface area contributed by atoms with Crippen molar-refractivity contribution in [1.82, 2.24) is 15.3 Å². The molecule has 1 heterocycles. The summed E-state index contributed by atoms with van der Waals surface area (Å²) in [7, 11) is 3.02. The van der Waals surface area contributed by atoms with E-state index in [4.69, 9.17) is 9.47 Å². The number of ether oxygens (including phenoxy) is 2. The van der Waals surface area contributed by atoms with Gasteiger partial charge in [0.05, 0.1) is 25.5 Å². The monoisotopic (exact) mass is 445 g/mol. The van der Waals surface area contributed by atoms with Gasteiger partial charge in [0, 0.05) is 12.3 Å². The molecule has 1 atom stereocenters. The number of carbonyl (C=O) groups excluding carboxylic acids is 1. The van der Waals surface area contributed by atoms with Crippen LogP contribution in [0, 0.1) is 11.6 Å². The lowest BCUT2D eigenvalue weighted by Gasteiger charge is -2.17. The lowest BCUT2D eigenvalue weighted by molar-refractivity contribution is 0.0947. The largest absolute Gasteiger partial charge is 0.481 e. The van der Waals surface area contributed by atoms with Gasteiger partial charge in [0.2, 0.25) is 11.8 Å². The third-order valence-electron chi connectivity index (χ3n) is 4.31. The number of halogens is 2. The van der Waals surface area contributed by atoms with Crippen molar-refractivity contribution in [3.05, 3.63) is 83.2 Å². The molecule has 0 saturated heterocycles. The van der Waals surface area contributed by atoms with E-state index < -0.39 is 23.1 Å². The number of nitrogens with zero attached hydrogens (tertiary/aromatic N) is 2. The van der Waals surface area contributed by atoms with E-state index in [1.807, 2.05) is 30.3 Å². The standard InChI is InChI=1S/C22H21F2N3O3S/c1-29-17-13-18(30-2)27-21(26-17)20(14-7-4-3-5-8-14)31-12-11-25-22(28)19-15(23)9-6-10-16(19)24/h3-10,13,20H,11-12H2,1-2H3,(H,25,28)/t20-/m0/s1. The Bertz CT molecular complexity index is 995. The summed E-state index contributed by atoms with van der Waals surface area (Å²) < 4.78 is 38.0. The molecule has 1 aromatic heterocycles. The molecule has 162 valence electrons. The van der Waals surface area contributed by atoms with Crippen LogP contribution >= 0.6 is 11.8 Å². The highest BCUT2D eigenvalue weighted by molar-refractivity contribution is 7.99. The Morgan fingerprint density at radius 1 is 1.00 bits per heavy atom. The Balaban J connectivity index is 1.73. The molecule has 0 spiro atoms. The molecule has 0 aliphatic rings. The minimum absolute atomic E-state index is 0.196. The highest BCUT2D eigenvalue weighted by Gasteiger charge is 2.21. The first-order chi connectivity index (χ1) is 15.0. The SMILES string of the molecule is COc1cc(OC)nc([C@@H](SCCNC(=O)c2c(F)cccc2F)c2ccccc2)n1. The molecule has 1 N–H and O–H groups in total. The average Bonchev–Trinajstić information content (AvgIpc) is 2.79. The second-order valence-corrected chi connectivity index (χ2v) is 7.54. The highest BCUT2D eigenvalue weighted by atomic mass is 32.2. The van der Waals surface area contributed by atoms with Crippen molar-refractivity contribution in [2.45, 2.75) is 5.25 Å². The molecule has 3 aromatic rings. The Morgan fingerprint density at radius 3 is 2.19 bits per heavy atom. The molecule has 6 nitrogen and oxygen atoms in total. The van der Waals surface area contributed by atoms with Crippen molar-refractivity contribution in [2.75, 3.05) is 26.5 Å². The predicted molar refractivity (Wildman–Crippen MR) is 115 cm³/mol. The molecule has 0 bridgehead atoms. The number of rotatable bonds is 9. The summed E-state index contributed by atoms with van der Waals surface area (Å²) in [6.45, 7) is 0.196. The quantitative estimate of drug-likeness (QED) is 0.502. The minimum Gasteiger partial charge on any atom is -0.481 e.